The third kappa shape index (κ3) is 3.17. The van der Waals surface area contributed by atoms with Crippen LogP contribution in [0.1, 0.15) is 11.1 Å². The number of nitrogens with zero attached hydrogens (tertiary/aromatic N) is 1. The molecule has 3 rings (SSSR count). The molecule has 4 nitrogen and oxygen atoms in total. The molecule has 0 saturated carbocycles. The number of halogens is 2. The van der Waals surface area contributed by atoms with Gasteiger partial charge in [-0.2, -0.15) is 0 Å². The van der Waals surface area contributed by atoms with E-state index >= 15 is 0 Å². The number of ether oxygens (including phenoxy) is 2. The number of hydrogen-bond donors (Lipinski definition) is 1. The number of aromatic nitrogens is 1. The average Bonchev–Trinajstić information content (AvgIpc) is 2.48. The minimum atomic E-state index is 0.448. The molecule has 0 aliphatic carbocycles. The van der Waals surface area contributed by atoms with Gasteiger partial charge in [0, 0.05) is 12.7 Å². The third-order valence-corrected chi connectivity index (χ3v) is 3.70. The summed E-state index contributed by atoms with van der Waals surface area (Å²) in [5.41, 5.74) is 2.83. The second-order valence-corrected chi connectivity index (χ2v) is 5.57. The van der Waals surface area contributed by atoms with Crippen molar-refractivity contribution in [2.75, 3.05) is 18.5 Å². The van der Waals surface area contributed by atoms with E-state index in [2.05, 4.69) is 10.3 Å². The number of rotatable bonds is 3. The third-order valence-electron chi connectivity index (χ3n) is 3.12. The first kappa shape index (κ1) is 14.3. The first-order valence-corrected chi connectivity index (χ1v) is 7.33. The Morgan fingerprint density at radius 2 is 2.00 bits per heavy atom. The van der Waals surface area contributed by atoms with E-state index in [1.54, 1.807) is 6.20 Å². The summed E-state index contributed by atoms with van der Waals surface area (Å²) >= 11 is 12.3. The highest BCUT2D eigenvalue weighted by Crippen LogP contribution is 2.38. The Bertz CT molecular complexity index is 677. The molecule has 6 heteroatoms. The lowest BCUT2D eigenvalue weighted by atomic mass is 10.2. The average molecular weight is 325 g/mol. The summed E-state index contributed by atoms with van der Waals surface area (Å²) < 4.78 is 11.1. The van der Waals surface area contributed by atoms with Gasteiger partial charge in [0.15, 0.2) is 16.7 Å². The van der Waals surface area contributed by atoms with E-state index in [1.807, 2.05) is 25.1 Å². The molecule has 0 radical (unpaired) electrons. The molecule has 0 bridgehead atoms. The van der Waals surface area contributed by atoms with Crippen LogP contribution < -0.4 is 14.8 Å². The number of hydrogen-bond acceptors (Lipinski definition) is 4. The largest absolute Gasteiger partial charge is 0.486 e. The second-order valence-electron chi connectivity index (χ2n) is 4.81. The van der Waals surface area contributed by atoms with Crippen molar-refractivity contribution in [2.45, 2.75) is 13.5 Å². The summed E-state index contributed by atoms with van der Waals surface area (Å²) in [6.07, 6.45) is 1.73. The van der Waals surface area contributed by atoms with Crippen LogP contribution in [0.3, 0.4) is 0 Å². The predicted molar refractivity (Wildman–Crippen MR) is 83.8 cm³/mol. The molecule has 1 aliphatic rings. The van der Waals surface area contributed by atoms with Crippen molar-refractivity contribution in [3.63, 3.8) is 0 Å². The minimum absolute atomic E-state index is 0.448. The summed E-state index contributed by atoms with van der Waals surface area (Å²) in [7, 11) is 0. The summed E-state index contributed by atoms with van der Waals surface area (Å²) in [5.74, 6) is 1.29. The smallest absolute Gasteiger partial charge is 0.179 e. The number of nitrogens with one attached hydrogen (secondary N) is 1. The van der Waals surface area contributed by atoms with E-state index < -0.39 is 0 Å². The highest BCUT2D eigenvalue weighted by molar-refractivity contribution is 6.32. The molecular weight excluding hydrogens is 311 g/mol. The molecule has 110 valence electrons. The number of benzene rings is 1. The van der Waals surface area contributed by atoms with Crippen molar-refractivity contribution < 1.29 is 9.47 Å². The zero-order chi connectivity index (χ0) is 14.8. The molecular formula is C15H14Cl2N2O2. The van der Waals surface area contributed by atoms with Crippen molar-refractivity contribution in [3.05, 3.63) is 45.7 Å². The van der Waals surface area contributed by atoms with Gasteiger partial charge in [0.05, 0.1) is 10.7 Å². The summed E-state index contributed by atoms with van der Waals surface area (Å²) in [5, 5.41) is 4.26. The number of anilines is 1. The molecule has 1 aliphatic heterocycles. The Labute approximate surface area is 133 Å². The number of pyridine rings is 1. The van der Waals surface area contributed by atoms with Crippen molar-refractivity contribution in [1.82, 2.24) is 4.98 Å². The lowest BCUT2D eigenvalue weighted by Crippen LogP contribution is -2.16. The fraction of sp³-hybridized carbons (Fsp3) is 0.267. The Balaban J connectivity index is 1.79. The molecule has 2 aromatic rings. The van der Waals surface area contributed by atoms with Gasteiger partial charge in [0.2, 0.25) is 0 Å². The standard InChI is InChI=1S/C15H14Cl2N2O2/c1-9-4-12(15(17)19-7-9)18-8-10-5-11(16)14-13(6-10)20-2-3-21-14/h4-7,18H,2-3,8H2,1H3. The molecule has 0 atom stereocenters. The maximum atomic E-state index is 6.21. The topological polar surface area (TPSA) is 43.4 Å². The molecule has 21 heavy (non-hydrogen) atoms. The van der Waals surface area contributed by atoms with Gasteiger partial charge in [-0.15, -0.1) is 0 Å². The van der Waals surface area contributed by atoms with Crippen molar-refractivity contribution >= 4 is 28.9 Å². The first-order valence-electron chi connectivity index (χ1n) is 6.57. The van der Waals surface area contributed by atoms with E-state index in [0.717, 1.165) is 16.8 Å². The lowest BCUT2D eigenvalue weighted by molar-refractivity contribution is 0.171. The molecule has 0 unspecified atom stereocenters. The zero-order valence-corrected chi connectivity index (χ0v) is 13.0. The van der Waals surface area contributed by atoms with Crippen LogP contribution in [-0.2, 0) is 6.54 Å². The molecule has 1 aromatic heterocycles. The maximum Gasteiger partial charge on any atom is 0.179 e. The van der Waals surface area contributed by atoms with Crippen LogP contribution in [-0.4, -0.2) is 18.2 Å². The van der Waals surface area contributed by atoms with Gasteiger partial charge >= 0.3 is 0 Å². The summed E-state index contributed by atoms with van der Waals surface area (Å²) in [6.45, 7) is 3.60. The Morgan fingerprint density at radius 3 is 2.86 bits per heavy atom. The fourth-order valence-corrected chi connectivity index (χ4v) is 2.60. The minimum Gasteiger partial charge on any atom is -0.486 e. The van der Waals surface area contributed by atoms with Gasteiger partial charge in [-0.25, -0.2) is 4.98 Å². The highest BCUT2D eigenvalue weighted by atomic mass is 35.5. The van der Waals surface area contributed by atoms with Crippen LogP contribution in [0.25, 0.3) is 0 Å². The quantitative estimate of drug-likeness (QED) is 0.864. The monoisotopic (exact) mass is 324 g/mol. The Morgan fingerprint density at radius 1 is 1.19 bits per heavy atom. The Hall–Kier alpha value is -1.65. The number of aryl methyl sites for hydroxylation is 1. The molecule has 0 amide bonds. The summed E-state index contributed by atoms with van der Waals surface area (Å²) in [4.78, 5) is 4.11. The van der Waals surface area contributed by atoms with E-state index in [-0.39, 0.29) is 0 Å². The van der Waals surface area contributed by atoms with Crippen LogP contribution in [0.15, 0.2) is 24.4 Å². The lowest BCUT2D eigenvalue weighted by Gasteiger charge is -2.20. The van der Waals surface area contributed by atoms with Crippen LogP contribution in [0.4, 0.5) is 5.69 Å². The molecule has 0 spiro atoms. The van der Waals surface area contributed by atoms with Crippen LogP contribution in [0, 0.1) is 6.92 Å². The highest BCUT2D eigenvalue weighted by Gasteiger charge is 2.16. The van der Waals surface area contributed by atoms with Gasteiger partial charge in [0.1, 0.15) is 13.2 Å². The van der Waals surface area contributed by atoms with Crippen molar-refractivity contribution in [3.8, 4) is 11.5 Å². The van der Waals surface area contributed by atoms with Gasteiger partial charge in [0.25, 0.3) is 0 Å². The molecule has 2 heterocycles. The molecule has 0 saturated heterocycles. The van der Waals surface area contributed by atoms with E-state index in [1.165, 1.54) is 0 Å². The second kappa shape index (κ2) is 6.00. The van der Waals surface area contributed by atoms with Crippen LogP contribution >= 0.6 is 23.2 Å². The molecule has 1 aromatic carbocycles. The van der Waals surface area contributed by atoms with Gasteiger partial charge < -0.3 is 14.8 Å². The maximum absolute atomic E-state index is 6.21. The first-order chi connectivity index (χ1) is 10.1. The van der Waals surface area contributed by atoms with E-state index in [9.17, 15) is 0 Å². The van der Waals surface area contributed by atoms with Gasteiger partial charge in [-0.3, -0.25) is 0 Å². The Kier molecular flexibility index (Phi) is 4.08. The molecule has 0 fully saturated rings. The van der Waals surface area contributed by atoms with E-state index in [0.29, 0.717) is 41.4 Å². The van der Waals surface area contributed by atoms with Crippen molar-refractivity contribution in [2.24, 2.45) is 0 Å². The summed E-state index contributed by atoms with van der Waals surface area (Å²) in [6, 6.07) is 5.73. The zero-order valence-electron chi connectivity index (χ0n) is 11.5. The predicted octanol–water partition coefficient (Wildman–Crippen LogP) is 4.08. The van der Waals surface area contributed by atoms with Crippen LogP contribution in [0.5, 0.6) is 11.5 Å². The number of fused-ring (bicyclic) bond motifs is 1. The van der Waals surface area contributed by atoms with E-state index in [4.69, 9.17) is 32.7 Å². The molecule has 1 N–H and O–H groups in total. The SMILES string of the molecule is Cc1cnc(Cl)c(NCc2cc(Cl)c3c(c2)OCCO3)c1. The van der Waals surface area contributed by atoms with Crippen molar-refractivity contribution in [1.29, 1.82) is 0 Å². The normalized spacial score (nSPS) is 13.1. The van der Waals surface area contributed by atoms with Crippen LogP contribution in [0.2, 0.25) is 10.2 Å². The van der Waals surface area contributed by atoms with Gasteiger partial charge in [-0.1, -0.05) is 23.2 Å². The van der Waals surface area contributed by atoms with Gasteiger partial charge in [-0.05, 0) is 36.2 Å². The fourth-order valence-electron chi connectivity index (χ4n) is 2.14.